The minimum atomic E-state index is -0.698. The Balaban J connectivity index is 3.56. The molecule has 0 bridgehead atoms. The Kier molecular flexibility index (Phi) is 6.76. The number of carbonyl (C=O) groups is 1. The highest BCUT2D eigenvalue weighted by atomic mass is 16.4. The van der Waals surface area contributed by atoms with Crippen LogP contribution in [-0.2, 0) is 4.79 Å². The van der Waals surface area contributed by atoms with E-state index in [1.165, 1.54) is 0 Å². The molecule has 3 heteroatoms. The Labute approximate surface area is 74.0 Å². The van der Waals surface area contributed by atoms with Gasteiger partial charge in [0.2, 0.25) is 0 Å². The zero-order chi connectivity index (χ0) is 9.40. The summed E-state index contributed by atoms with van der Waals surface area (Å²) in [5, 5.41) is 8.75. The number of carboxylic acid groups (broad SMARTS) is 1. The van der Waals surface area contributed by atoms with Crippen LogP contribution in [0.2, 0.25) is 0 Å². The predicted molar refractivity (Wildman–Crippen MR) is 48.9 cm³/mol. The molecule has 0 aromatic carbocycles. The molecule has 0 saturated heterocycles. The molecule has 0 saturated carbocycles. The molecule has 0 radical (unpaired) electrons. The summed E-state index contributed by atoms with van der Waals surface area (Å²) in [6.07, 6.45) is 4.65. The van der Waals surface area contributed by atoms with E-state index < -0.39 is 5.97 Å². The Morgan fingerprint density at radius 2 is 2.08 bits per heavy atom. The number of unbranched alkanes of at least 4 members (excludes halogenated alkanes) is 2. The third-order valence-electron chi connectivity index (χ3n) is 2.02. The van der Waals surface area contributed by atoms with E-state index in [1.54, 1.807) is 0 Å². The van der Waals surface area contributed by atoms with Crippen LogP contribution in [-0.4, -0.2) is 17.6 Å². The van der Waals surface area contributed by atoms with E-state index in [-0.39, 0.29) is 5.92 Å². The summed E-state index contributed by atoms with van der Waals surface area (Å²) in [5.41, 5.74) is 5.31. The summed E-state index contributed by atoms with van der Waals surface area (Å²) in [4.78, 5) is 10.6. The molecule has 0 aliphatic carbocycles. The lowest BCUT2D eigenvalue weighted by atomic mass is 9.98. The maximum absolute atomic E-state index is 10.6. The first-order valence-corrected chi connectivity index (χ1v) is 4.65. The van der Waals surface area contributed by atoms with E-state index in [1.807, 2.05) is 0 Å². The van der Waals surface area contributed by atoms with Gasteiger partial charge in [0.25, 0.3) is 0 Å². The maximum atomic E-state index is 10.6. The van der Waals surface area contributed by atoms with Crippen molar-refractivity contribution in [2.45, 2.75) is 39.0 Å². The van der Waals surface area contributed by atoms with Crippen LogP contribution in [0.15, 0.2) is 0 Å². The van der Waals surface area contributed by atoms with Crippen molar-refractivity contribution in [1.29, 1.82) is 0 Å². The molecule has 3 N–H and O–H groups in total. The summed E-state index contributed by atoms with van der Waals surface area (Å²) in [6.45, 7) is 2.59. The number of rotatable bonds is 7. The molecular formula is C9H19NO2. The van der Waals surface area contributed by atoms with Gasteiger partial charge in [-0.2, -0.15) is 0 Å². The van der Waals surface area contributed by atoms with Gasteiger partial charge in [-0.15, -0.1) is 0 Å². The third-order valence-corrected chi connectivity index (χ3v) is 2.02. The number of carboxylic acids is 1. The molecule has 0 amide bonds. The Hall–Kier alpha value is -0.570. The normalized spacial score (nSPS) is 12.8. The highest BCUT2D eigenvalue weighted by Gasteiger charge is 2.14. The molecule has 0 heterocycles. The first-order chi connectivity index (χ1) is 5.72. The van der Waals surface area contributed by atoms with Gasteiger partial charge in [-0.3, -0.25) is 4.79 Å². The molecule has 0 fully saturated rings. The molecule has 0 aliphatic rings. The topological polar surface area (TPSA) is 63.3 Å². The highest BCUT2D eigenvalue weighted by Crippen LogP contribution is 2.13. The van der Waals surface area contributed by atoms with Gasteiger partial charge in [0, 0.05) is 0 Å². The Morgan fingerprint density at radius 1 is 1.42 bits per heavy atom. The molecule has 0 aromatic rings. The molecule has 0 aromatic heterocycles. The molecule has 12 heavy (non-hydrogen) atoms. The van der Waals surface area contributed by atoms with Crippen molar-refractivity contribution >= 4 is 5.97 Å². The first-order valence-electron chi connectivity index (χ1n) is 4.65. The summed E-state index contributed by atoms with van der Waals surface area (Å²) < 4.78 is 0. The quantitative estimate of drug-likeness (QED) is 0.575. The first kappa shape index (κ1) is 11.4. The van der Waals surface area contributed by atoms with Crippen LogP contribution in [0.25, 0.3) is 0 Å². The summed E-state index contributed by atoms with van der Waals surface area (Å²) in [6, 6.07) is 0. The van der Waals surface area contributed by atoms with Crippen LogP contribution in [0.5, 0.6) is 0 Å². The largest absolute Gasteiger partial charge is 0.481 e. The van der Waals surface area contributed by atoms with Gasteiger partial charge in [-0.05, 0) is 19.4 Å². The van der Waals surface area contributed by atoms with Gasteiger partial charge in [-0.1, -0.05) is 26.2 Å². The van der Waals surface area contributed by atoms with Crippen LogP contribution in [0.3, 0.4) is 0 Å². The molecule has 1 atom stereocenters. The fourth-order valence-electron chi connectivity index (χ4n) is 1.23. The van der Waals surface area contributed by atoms with E-state index in [4.69, 9.17) is 10.8 Å². The van der Waals surface area contributed by atoms with Crippen LogP contribution in [0.1, 0.15) is 39.0 Å². The molecule has 3 nitrogen and oxygen atoms in total. The molecule has 0 aliphatic heterocycles. The SMILES string of the molecule is CCCCCC(CCN)C(=O)O. The highest BCUT2D eigenvalue weighted by molar-refractivity contribution is 5.69. The van der Waals surface area contributed by atoms with Gasteiger partial charge in [0.05, 0.1) is 5.92 Å². The summed E-state index contributed by atoms with van der Waals surface area (Å²) >= 11 is 0. The lowest BCUT2D eigenvalue weighted by molar-refractivity contribution is -0.142. The van der Waals surface area contributed by atoms with E-state index >= 15 is 0 Å². The third kappa shape index (κ3) is 5.13. The molecule has 72 valence electrons. The maximum Gasteiger partial charge on any atom is 0.306 e. The standard InChI is InChI=1S/C9H19NO2/c1-2-3-4-5-8(6-7-10)9(11)12/h8H,2-7,10H2,1H3,(H,11,12). The fourth-order valence-corrected chi connectivity index (χ4v) is 1.23. The average molecular weight is 173 g/mol. The van der Waals surface area contributed by atoms with Crippen molar-refractivity contribution in [3.8, 4) is 0 Å². The fraction of sp³-hybridized carbons (Fsp3) is 0.889. The van der Waals surface area contributed by atoms with Gasteiger partial charge < -0.3 is 10.8 Å². The average Bonchev–Trinajstić information content (AvgIpc) is 2.03. The zero-order valence-corrected chi connectivity index (χ0v) is 7.75. The van der Waals surface area contributed by atoms with Gasteiger partial charge in [0.1, 0.15) is 0 Å². The zero-order valence-electron chi connectivity index (χ0n) is 7.75. The number of hydrogen-bond donors (Lipinski definition) is 2. The molecular weight excluding hydrogens is 154 g/mol. The van der Waals surface area contributed by atoms with E-state index in [9.17, 15) is 4.79 Å². The number of hydrogen-bond acceptors (Lipinski definition) is 2. The van der Waals surface area contributed by atoms with Crippen molar-refractivity contribution in [3.05, 3.63) is 0 Å². The lowest BCUT2D eigenvalue weighted by Gasteiger charge is -2.09. The van der Waals surface area contributed by atoms with Crippen LogP contribution >= 0.6 is 0 Å². The van der Waals surface area contributed by atoms with Crippen molar-refractivity contribution in [2.75, 3.05) is 6.54 Å². The summed E-state index contributed by atoms with van der Waals surface area (Å²) in [7, 11) is 0. The van der Waals surface area contributed by atoms with Gasteiger partial charge in [-0.25, -0.2) is 0 Å². The number of nitrogens with two attached hydrogens (primary N) is 1. The molecule has 0 spiro atoms. The second-order valence-electron chi connectivity index (χ2n) is 3.11. The number of aliphatic carboxylic acids is 1. The van der Waals surface area contributed by atoms with Gasteiger partial charge >= 0.3 is 5.97 Å². The smallest absolute Gasteiger partial charge is 0.306 e. The van der Waals surface area contributed by atoms with Crippen molar-refractivity contribution in [3.63, 3.8) is 0 Å². The van der Waals surface area contributed by atoms with E-state index in [0.717, 1.165) is 25.7 Å². The monoisotopic (exact) mass is 173 g/mol. The molecule has 1 unspecified atom stereocenters. The molecule has 0 rings (SSSR count). The summed E-state index contributed by atoms with van der Waals surface area (Å²) in [5.74, 6) is -0.918. The van der Waals surface area contributed by atoms with E-state index in [2.05, 4.69) is 6.92 Å². The van der Waals surface area contributed by atoms with Crippen molar-refractivity contribution in [2.24, 2.45) is 11.7 Å². The van der Waals surface area contributed by atoms with E-state index in [0.29, 0.717) is 13.0 Å². The van der Waals surface area contributed by atoms with Crippen molar-refractivity contribution < 1.29 is 9.90 Å². The second-order valence-corrected chi connectivity index (χ2v) is 3.11. The predicted octanol–water partition coefficient (Wildman–Crippen LogP) is 1.62. The lowest BCUT2D eigenvalue weighted by Crippen LogP contribution is -2.17. The van der Waals surface area contributed by atoms with Crippen molar-refractivity contribution in [1.82, 2.24) is 0 Å². The van der Waals surface area contributed by atoms with Gasteiger partial charge in [0.15, 0.2) is 0 Å². The Bertz CT molecular complexity index is 126. The minimum absolute atomic E-state index is 0.221. The van der Waals surface area contributed by atoms with Crippen LogP contribution in [0.4, 0.5) is 0 Å². The second kappa shape index (κ2) is 7.10. The minimum Gasteiger partial charge on any atom is -0.481 e. The van der Waals surface area contributed by atoms with Crippen LogP contribution in [0, 0.1) is 5.92 Å². The van der Waals surface area contributed by atoms with Crippen LogP contribution < -0.4 is 5.73 Å². The Morgan fingerprint density at radius 3 is 2.50 bits per heavy atom.